The van der Waals surface area contributed by atoms with Crippen molar-refractivity contribution in [3.05, 3.63) is 53.6 Å². The van der Waals surface area contributed by atoms with Crippen LogP contribution in [-0.2, 0) is 10.0 Å². The zero-order chi connectivity index (χ0) is 15.6. The van der Waals surface area contributed by atoms with E-state index in [4.69, 9.17) is 5.73 Å². The van der Waals surface area contributed by atoms with Crippen molar-refractivity contribution in [3.8, 4) is 0 Å². The van der Waals surface area contributed by atoms with E-state index >= 15 is 0 Å². The van der Waals surface area contributed by atoms with Crippen LogP contribution in [0, 0.1) is 6.92 Å². The van der Waals surface area contributed by atoms with Gasteiger partial charge in [-0.1, -0.05) is 26.0 Å². The lowest BCUT2D eigenvalue weighted by molar-refractivity contribution is 0.601. The molecule has 4 nitrogen and oxygen atoms in total. The van der Waals surface area contributed by atoms with Crippen molar-refractivity contribution >= 4 is 21.4 Å². The van der Waals surface area contributed by atoms with E-state index in [0.717, 1.165) is 5.56 Å². The summed E-state index contributed by atoms with van der Waals surface area (Å²) in [4.78, 5) is 0.210. The van der Waals surface area contributed by atoms with Crippen molar-refractivity contribution in [1.82, 2.24) is 0 Å². The average Bonchev–Trinajstić information content (AvgIpc) is 2.42. The van der Waals surface area contributed by atoms with Gasteiger partial charge in [-0.25, -0.2) is 8.42 Å². The van der Waals surface area contributed by atoms with Crippen LogP contribution in [0.4, 0.5) is 11.4 Å². The fraction of sp³-hybridized carbons (Fsp3) is 0.250. The third kappa shape index (κ3) is 3.55. The molecule has 0 amide bonds. The lowest BCUT2D eigenvalue weighted by atomic mass is 10.0. The molecule has 0 heterocycles. The normalized spacial score (nSPS) is 11.6. The van der Waals surface area contributed by atoms with E-state index in [9.17, 15) is 8.42 Å². The standard InChI is InChI=1S/C16H20N2O2S/c1-11(2)13-4-6-14(7-5-13)18-21(19,20)15-8-9-16(17)12(3)10-15/h4-11,18H,17H2,1-3H3. The summed E-state index contributed by atoms with van der Waals surface area (Å²) >= 11 is 0. The van der Waals surface area contributed by atoms with Gasteiger partial charge in [0.05, 0.1) is 4.90 Å². The molecule has 3 N–H and O–H groups in total. The molecule has 2 rings (SSSR count). The van der Waals surface area contributed by atoms with E-state index in [2.05, 4.69) is 18.6 Å². The maximum atomic E-state index is 12.3. The minimum Gasteiger partial charge on any atom is -0.399 e. The summed E-state index contributed by atoms with van der Waals surface area (Å²) in [6.45, 7) is 5.97. The van der Waals surface area contributed by atoms with Crippen LogP contribution >= 0.6 is 0 Å². The lowest BCUT2D eigenvalue weighted by Crippen LogP contribution is -2.13. The smallest absolute Gasteiger partial charge is 0.261 e. The molecule has 0 saturated heterocycles. The maximum absolute atomic E-state index is 12.3. The number of aryl methyl sites for hydroxylation is 1. The Kier molecular flexibility index (Phi) is 4.23. The Bertz CT molecular complexity index is 735. The van der Waals surface area contributed by atoms with Crippen molar-refractivity contribution in [2.24, 2.45) is 0 Å². The molecule has 0 aliphatic carbocycles. The number of hydrogen-bond acceptors (Lipinski definition) is 3. The van der Waals surface area contributed by atoms with Crippen molar-refractivity contribution in [2.45, 2.75) is 31.6 Å². The topological polar surface area (TPSA) is 72.2 Å². The second-order valence-corrected chi connectivity index (χ2v) is 7.08. The van der Waals surface area contributed by atoms with Gasteiger partial charge >= 0.3 is 0 Å². The number of sulfonamides is 1. The number of rotatable bonds is 4. The fourth-order valence-electron chi connectivity index (χ4n) is 1.97. The van der Waals surface area contributed by atoms with Gasteiger partial charge in [0.25, 0.3) is 10.0 Å². The first-order valence-electron chi connectivity index (χ1n) is 6.78. The van der Waals surface area contributed by atoms with Crippen molar-refractivity contribution in [1.29, 1.82) is 0 Å². The predicted octanol–water partition coefficient (Wildman–Crippen LogP) is 3.50. The molecule has 112 valence electrons. The first-order valence-corrected chi connectivity index (χ1v) is 8.27. The third-order valence-electron chi connectivity index (χ3n) is 3.38. The van der Waals surface area contributed by atoms with Crippen LogP contribution in [0.3, 0.4) is 0 Å². The van der Waals surface area contributed by atoms with Crippen LogP contribution in [0.1, 0.15) is 30.9 Å². The number of benzene rings is 2. The number of nitrogens with one attached hydrogen (secondary N) is 1. The summed E-state index contributed by atoms with van der Waals surface area (Å²) in [6, 6.07) is 12.1. The monoisotopic (exact) mass is 304 g/mol. The van der Waals surface area contributed by atoms with Gasteiger partial charge in [-0.3, -0.25) is 4.72 Å². The van der Waals surface area contributed by atoms with E-state index in [0.29, 0.717) is 17.3 Å². The summed E-state index contributed by atoms with van der Waals surface area (Å²) in [5, 5.41) is 0. The third-order valence-corrected chi connectivity index (χ3v) is 4.76. The molecule has 5 heteroatoms. The predicted molar refractivity (Wildman–Crippen MR) is 86.9 cm³/mol. The summed E-state index contributed by atoms with van der Waals surface area (Å²) < 4.78 is 27.2. The van der Waals surface area contributed by atoms with Gasteiger partial charge in [-0.05, 0) is 54.3 Å². The molecule has 21 heavy (non-hydrogen) atoms. The highest BCUT2D eigenvalue weighted by Crippen LogP contribution is 2.22. The quantitative estimate of drug-likeness (QED) is 0.849. The van der Waals surface area contributed by atoms with Crippen molar-refractivity contribution in [2.75, 3.05) is 10.5 Å². The van der Waals surface area contributed by atoms with Crippen LogP contribution < -0.4 is 10.5 Å². The van der Waals surface area contributed by atoms with Gasteiger partial charge in [-0.2, -0.15) is 0 Å². The summed E-state index contributed by atoms with van der Waals surface area (Å²) in [6.07, 6.45) is 0. The molecule has 0 aromatic heterocycles. The van der Waals surface area contributed by atoms with E-state index in [1.165, 1.54) is 11.6 Å². The van der Waals surface area contributed by atoms with Crippen molar-refractivity contribution in [3.63, 3.8) is 0 Å². The highest BCUT2D eigenvalue weighted by molar-refractivity contribution is 7.92. The summed E-state index contributed by atoms with van der Waals surface area (Å²) in [5.41, 5.74) is 8.75. The Morgan fingerprint density at radius 2 is 1.67 bits per heavy atom. The van der Waals surface area contributed by atoms with E-state index in [-0.39, 0.29) is 4.90 Å². The van der Waals surface area contributed by atoms with Crippen LogP contribution in [0.5, 0.6) is 0 Å². The summed E-state index contributed by atoms with van der Waals surface area (Å²) in [5.74, 6) is 0.412. The maximum Gasteiger partial charge on any atom is 0.261 e. The largest absolute Gasteiger partial charge is 0.399 e. The molecule has 2 aromatic carbocycles. The second kappa shape index (κ2) is 5.77. The molecule has 0 aliphatic rings. The van der Waals surface area contributed by atoms with E-state index in [1.807, 2.05) is 12.1 Å². The minimum absolute atomic E-state index is 0.210. The Morgan fingerprint density at radius 3 is 2.19 bits per heavy atom. The molecular weight excluding hydrogens is 284 g/mol. The van der Waals surface area contributed by atoms with E-state index in [1.54, 1.807) is 31.2 Å². The number of anilines is 2. The SMILES string of the molecule is Cc1cc(S(=O)(=O)Nc2ccc(C(C)C)cc2)ccc1N. The number of nitrogens with two attached hydrogens (primary N) is 1. The minimum atomic E-state index is -3.59. The van der Waals surface area contributed by atoms with Gasteiger partial charge in [0.2, 0.25) is 0 Å². The Labute approximate surface area is 126 Å². The molecular formula is C16H20N2O2S. The van der Waals surface area contributed by atoms with Gasteiger partial charge in [0.15, 0.2) is 0 Å². The first kappa shape index (κ1) is 15.4. The summed E-state index contributed by atoms with van der Waals surface area (Å²) in [7, 11) is -3.59. The molecule has 0 aliphatic heterocycles. The highest BCUT2D eigenvalue weighted by atomic mass is 32.2. The molecule has 0 atom stereocenters. The second-order valence-electron chi connectivity index (χ2n) is 5.40. The molecule has 0 bridgehead atoms. The molecule has 0 fully saturated rings. The Balaban J connectivity index is 2.26. The van der Waals surface area contributed by atoms with Crippen LogP contribution in [0.15, 0.2) is 47.4 Å². The zero-order valence-electron chi connectivity index (χ0n) is 12.4. The van der Waals surface area contributed by atoms with Crippen LogP contribution in [0.25, 0.3) is 0 Å². The van der Waals surface area contributed by atoms with Crippen molar-refractivity contribution < 1.29 is 8.42 Å². The molecule has 0 saturated carbocycles. The lowest BCUT2D eigenvalue weighted by Gasteiger charge is -2.11. The van der Waals surface area contributed by atoms with Gasteiger partial charge in [-0.15, -0.1) is 0 Å². The Hall–Kier alpha value is -2.01. The molecule has 0 spiro atoms. The van der Waals surface area contributed by atoms with Gasteiger partial charge in [0, 0.05) is 11.4 Å². The molecule has 0 radical (unpaired) electrons. The van der Waals surface area contributed by atoms with Gasteiger partial charge < -0.3 is 5.73 Å². The highest BCUT2D eigenvalue weighted by Gasteiger charge is 2.15. The first-order chi connectivity index (χ1) is 9.79. The fourth-order valence-corrected chi connectivity index (χ4v) is 3.11. The number of hydrogen-bond donors (Lipinski definition) is 2. The molecule has 2 aromatic rings. The average molecular weight is 304 g/mol. The van der Waals surface area contributed by atoms with E-state index < -0.39 is 10.0 Å². The number of nitrogen functional groups attached to an aromatic ring is 1. The Morgan fingerprint density at radius 1 is 1.05 bits per heavy atom. The van der Waals surface area contributed by atoms with Gasteiger partial charge in [0.1, 0.15) is 0 Å². The van der Waals surface area contributed by atoms with Crippen LogP contribution in [-0.4, -0.2) is 8.42 Å². The van der Waals surface area contributed by atoms with Crippen LogP contribution in [0.2, 0.25) is 0 Å². The zero-order valence-corrected chi connectivity index (χ0v) is 13.2. The molecule has 0 unspecified atom stereocenters.